The Morgan fingerprint density at radius 1 is 1.18 bits per heavy atom. The van der Waals surface area contributed by atoms with Crippen LogP contribution in [0.3, 0.4) is 0 Å². The highest BCUT2D eigenvalue weighted by Crippen LogP contribution is 2.42. The van der Waals surface area contributed by atoms with E-state index in [4.69, 9.17) is 18.9 Å². The minimum Gasteiger partial charge on any atom is -0.471 e. The Labute approximate surface area is 226 Å². The van der Waals surface area contributed by atoms with E-state index in [1.165, 1.54) is 17.2 Å². The minimum atomic E-state index is -1.60. The fourth-order valence-electron chi connectivity index (χ4n) is 5.84. The predicted octanol–water partition coefficient (Wildman–Crippen LogP) is 0.783. The van der Waals surface area contributed by atoms with Gasteiger partial charge >= 0.3 is 5.97 Å². The summed E-state index contributed by atoms with van der Waals surface area (Å²) in [5.74, 6) is -1.52. The lowest BCUT2D eigenvalue weighted by atomic mass is 9.78. The molecule has 2 aromatic rings. The standard InChI is InChI=1S/C28H36N2O9/c1-3-14-17(11-20-22-16(9-10-29-20)15-7-5-6-8-19(15)30-22)18(26(35)36-4-2)13-37-27(14)39-28-25(34)24(33)23(32)21(12-31)38-28/h3,5-8,13-14,17,20-21,23-25,27-34H,1,4,9-12H2,2H3/t14-,17+,20+,21-,23-,24+,25-,27+,28+/m1/s1. The van der Waals surface area contributed by atoms with Crippen molar-refractivity contribution in [1.82, 2.24) is 10.3 Å². The number of para-hydroxylation sites is 1. The summed E-state index contributed by atoms with van der Waals surface area (Å²) in [7, 11) is 0. The highest BCUT2D eigenvalue weighted by Gasteiger charge is 2.48. The molecule has 3 aliphatic rings. The maximum Gasteiger partial charge on any atom is 0.337 e. The molecule has 0 aliphatic carbocycles. The molecule has 39 heavy (non-hydrogen) atoms. The van der Waals surface area contributed by atoms with Gasteiger partial charge in [-0.05, 0) is 37.9 Å². The number of carbonyl (C=O) groups is 1. The van der Waals surface area contributed by atoms with Crippen molar-refractivity contribution in [1.29, 1.82) is 0 Å². The number of ether oxygens (including phenoxy) is 4. The maximum absolute atomic E-state index is 13.0. The van der Waals surface area contributed by atoms with Crippen LogP contribution in [0.2, 0.25) is 0 Å². The molecule has 6 N–H and O–H groups in total. The fraction of sp³-hybridized carbons (Fsp3) is 0.536. The van der Waals surface area contributed by atoms with E-state index in [0.29, 0.717) is 12.0 Å². The first kappa shape index (κ1) is 27.8. The van der Waals surface area contributed by atoms with Crippen LogP contribution in [0.4, 0.5) is 0 Å². The molecule has 9 atom stereocenters. The van der Waals surface area contributed by atoms with Crippen LogP contribution in [0.25, 0.3) is 10.9 Å². The average Bonchev–Trinajstić information content (AvgIpc) is 3.33. The Hall–Kier alpha value is -2.77. The third kappa shape index (κ3) is 5.23. The number of hydrogen-bond acceptors (Lipinski definition) is 10. The molecule has 0 radical (unpaired) electrons. The molecule has 0 spiro atoms. The molecule has 1 saturated heterocycles. The second-order valence-corrected chi connectivity index (χ2v) is 10.1. The van der Waals surface area contributed by atoms with Crippen molar-refractivity contribution in [2.24, 2.45) is 11.8 Å². The van der Waals surface area contributed by atoms with E-state index in [-0.39, 0.29) is 12.6 Å². The van der Waals surface area contributed by atoms with E-state index in [1.54, 1.807) is 13.0 Å². The van der Waals surface area contributed by atoms with Crippen molar-refractivity contribution in [3.8, 4) is 0 Å². The quantitative estimate of drug-likeness (QED) is 0.207. The van der Waals surface area contributed by atoms with Crippen LogP contribution in [0.15, 0.2) is 48.8 Å². The third-order valence-electron chi connectivity index (χ3n) is 7.86. The molecule has 11 nitrogen and oxygen atoms in total. The Balaban J connectivity index is 1.43. The molecular formula is C28H36N2O9. The summed E-state index contributed by atoms with van der Waals surface area (Å²) in [4.78, 5) is 16.5. The molecule has 0 bridgehead atoms. The van der Waals surface area contributed by atoms with E-state index in [1.807, 2.05) is 18.2 Å². The van der Waals surface area contributed by atoms with Gasteiger partial charge < -0.3 is 49.7 Å². The molecule has 212 valence electrons. The lowest BCUT2D eigenvalue weighted by Gasteiger charge is -2.43. The molecule has 1 fully saturated rings. The van der Waals surface area contributed by atoms with Crippen LogP contribution in [-0.2, 0) is 30.2 Å². The van der Waals surface area contributed by atoms with Crippen molar-refractivity contribution in [3.05, 3.63) is 60.0 Å². The Kier molecular flexibility index (Phi) is 8.38. The van der Waals surface area contributed by atoms with Crippen LogP contribution in [-0.4, -0.2) is 88.1 Å². The number of nitrogens with one attached hydrogen (secondary N) is 2. The first-order valence-corrected chi connectivity index (χ1v) is 13.3. The van der Waals surface area contributed by atoms with E-state index < -0.39 is 61.4 Å². The number of aromatic nitrogens is 1. The van der Waals surface area contributed by atoms with Gasteiger partial charge in [0.05, 0.1) is 25.0 Å². The minimum absolute atomic E-state index is 0.113. The lowest BCUT2D eigenvalue weighted by molar-refractivity contribution is -0.339. The number of aromatic amines is 1. The lowest BCUT2D eigenvalue weighted by Crippen LogP contribution is -2.60. The third-order valence-corrected chi connectivity index (χ3v) is 7.86. The summed E-state index contributed by atoms with van der Waals surface area (Å²) in [6, 6.07) is 8.03. The van der Waals surface area contributed by atoms with Crippen molar-refractivity contribution in [2.75, 3.05) is 19.8 Å². The molecule has 1 aromatic heterocycles. The van der Waals surface area contributed by atoms with E-state index in [2.05, 4.69) is 22.9 Å². The normalized spacial score (nSPS) is 34.6. The predicted molar refractivity (Wildman–Crippen MR) is 139 cm³/mol. The van der Waals surface area contributed by atoms with Gasteiger partial charge in [0.15, 0.2) is 6.29 Å². The van der Waals surface area contributed by atoms with Crippen LogP contribution < -0.4 is 5.32 Å². The Bertz CT molecular complexity index is 1210. The summed E-state index contributed by atoms with van der Waals surface area (Å²) in [6.45, 7) is 6.07. The smallest absolute Gasteiger partial charge is 0.337 e. The van der Waals surface area contributed by atoms with Gasteiger partial charge in [0.2, 0.25) is 6.29 Å². The zero-order chi connectivity index (χ0) is 27.7. The molecule has 11 heteroatoms. The molecule has 3 aliphatic heterocycles. The number of rotatable bonds is 8. The molecule has 0 unspecified atom stereocenters. The van der Waals surface area contributed by atoms with Gasteiger partial charge in [0, 0.05) is 34.5 Å². The van der Waals surface area contributed by atoms with E-state index in [0.717, 1.165) is 24.2 Å². The van der Waals surface area contributed by atoms with Crippen LogP contribution in [0, 0.1) is 11.8 Å². The number of carbonyl (C=O) groups excluding carboxylic acids is 1. The number of fused-ring (bicyclic) bond motifs is 3. The second kappa shape index (κ2) is 11.8. The Morgan fingerprint density at radius 2 is 1.97 bits per heavy atom. The molecule has 1 aromatic carbocycles. The summed E-state index contributed by atoms with van der Waals surface area (Å²) < 4.78 is 22.6. The van der Waals surface area contributed by atoms with E-state index >= 15 is 0 Å². The first-order chi connectivity index (χ1) is 18.9. The fourth-order valence-corrected chi connectivity index (χ4v) is 5.84. The van der Waals surface area contributed by atoms with Crippen molar-refractivity contribution >= 4 is 16.9 Å². The maximum atomic E-state index is 13.0. The highest BCUT2D eigenvalue weighted by atomic mass is 16.8. The summed E-state index contributed by atoms with van der Waals surface area (Å²) in [6.07, 6.45) is -3.99. The highest BCUT2D eigenvalue weighted by molar-refractivity contribution is 5.89. The molecule has 0 saturated carbocycles. The first-order valence-electron chi connectivity index (χ1n) is 13.3. The number of aliphatic hydroxyl groups excluding tert-OH is 4. The van der Waals surface area contributed by atoms with Crippen LogP contribution in [0.1, 0.15) is 30.6 Å². The summed E-state index contributed by atoms with van der Waals surface area (Å²) >= 11 is 0. The molecule has 4 heterocycles. The number of aliphatic hydroxyl groups is 4. The van der Waals surface area contributed by atoms with Gasteiger partial charge in [-0.2, -0.15) is 0 Å². The van der Waals surface area contributed by atoms with E-state index in [9.17, 15) is 25.2 Å². The zero-order valence-electron chi connectivity index (χ0n) is 21.7. The van der Waals surface area contributed by atoms with Gasteiger partial charge in [0.25, 0.3) is 0 Å². The number of esters is 1. The number of benzene rings is 1. The SMILES string of the molecule is C=C[C@H]1[C@H](O[C@@H]2O[C@H](CO)[C@@H](O)[C@H](O)[C@H]2O)OC=C(C(=O)OCC)[C@H]1C[C@@H]1NCCc2c1[nH]c1ccccc21. The van der Waals surface area contributed by atoms with Crippen LogP contribution >= 0.6 is 0 Å². The van der Waals surface area contributed by atoms with Gasteiger partial charge in [0.1, 0.15) is 24.4 Å². The van der Waals surface area contributed by atoms with Gasteiger partial charge in [-0.15, -0.1) is 6.58 Å². The molecular weight excluding hydrogens is 508 g/mol. The van der Waals surface area contributed by atoms with Crippen molar-refractivity contribution in [3.63, 3.8) is 0 Å². The number of H-pyrrole nitrogens is 1. The topological polar surface area (TPSA) is 163 Å². The van der Waals surface area contributed by atoms with Gasteiger partial charge in [-0.25, -0.2) is 4.79 Å². The zero-order valence-corrected chi connectivity index (χ0v) is 21.7. The summed E-state index contributed by atoms with van der Waals surface area (Å²) in [5, 5.41) is 45.1. The van der Waals surface area contributed by atoms with Gasteiger partial charge in [-0.1, -0.05) is 24.3 Å². The van der Waals surface area contributed by atoms with Crippen molar-refractivity contribution < 1.29 is 44.2 Å². The Morgan fingerprint density at radius 3 is 2.72 bits per heavy atom. The van der Waals surface area contributed by atoms with Crippen molar-refractivity contribution in [2.45, 2.75) is 62.8 Å². The van der Waals surface area contributed by atoms with Crippen LogP contribution in [0.5, 0.6) is 0 Å². The number of hydrogen-bond donors (Lipinski definition) is 6. The van der Waals surface area contributed by atoms with Gasteiger partial charge in [-0.3, -0.25) is 0 Å². The summed E-state index contributed by atoms with van der Waals surface area (Å²) in [5.41, 5.74) is 3.69. The average molecular weight is 545 g/mol. The molecule has 5 rings (SSSR count). The molecule has 0 amide bonds. The largest absolute Gasteiger partial charge is 0.471 e. The monoisotopic (exact) mass is 544 g/mol. The second-order valence-electron chi connectivity index (χ2n) is 10.1.